The second-order valence-electron chi connectivity index (χ2n) is 5.84. The number of rotatable bonds is 1. The van der Waals surface area contributed by atoms with Gasteiger partial charge >= 0.3 is 6.03 Å². The smallest absolute Gasteiger partial charge is 0.316 e. The highest BCUT2D eigenvalue weighted by molar-refractivity contribution is 6.30. The normalized spacial score (nSPS) is 20.5. The summed E-state index contributed by atoms with van der Waals surface area (Å²) in [6, 6.07) is 13.0. The number of carbonyl (C=O) groups is 2. The largest absolute Gasteiger partial charge is 0.351 e. The van der Waals surface area contributed by atoms with E-state index in [2.05, 4.69) is 0 Å². The topological polar surface area (TPSA) is 66.6 Å². The van der Waals surface area contributed by atoms with E-state index in [9.17, 15) is 9.59 Å². The van der Waals surface area contributed by atoms with Gasteiger partial charge in [-0.3, -0.25) is 4.79 Å². The molecule has 2 N–H and O–H groups in total. The van der Waals surface area contributed by atoms with Gasteiger partial charge in [-0.1, -0.05) is 41.9 Å². The van der Waals surface area contributed by atoms with E-state index < -0.39 is 18.1 Å². The number of nitrogens with zero attached hydrogens (tertiary/aromatic N) is 2. The molecular weight excluding hydrogens is 326 g/mol. The fourth-order valence-electron chi connectivity index (χ4n) is 3.23. The first-order valence-corrected chi connectivity index (χ1v) is 7.99. The first-order valence-electron chi connectivity index (χ1n) is 7.61. The number of hydrogen-bond donors (Lipinski definition) is 1. The molecule has 3 rings (SSSR count). The quantitative estimate of drug-likeness (QED) is 0.864. The summed E-state index contributed by atoms with van der Waals surface area (Å²) in [5, 5.41) is 0.537. The Hall–Kier alpha value is -2.53. The van der Waals surface area contributed by atoms with Crippen LogP contribution in [-0.2, 0) is 4.79 Å². The minimum absolute atomic E-state index is 0.198. The van der Waals surface area contributed by atoms with E-state index in [4.69, 9.17) is 17.3 Å². The number of halogens is 1. The standard InChI is InChI=1S/C18H18ClN3O2/c1-11-17(23)21(2)15-9-8-13(19)10-14(15)16(22(11)18(20)24)12-6-4-3-5-7-12/h3-11,16H,1-2H3,(H2,20,24)/t11-,16-/m1/s1. The van der Waals surface area contributed by atoms with Crippen molar-refractivity contribution in [2.75, 3.05) is 11.9 Å². The summed E-state index contributed by atoms with van der Waals surface area (Å²) < 4.78 is 0. The maximum Gasteiger partial charge on any atom is 0.316 e. The van der Waals surface area contributed by atoms with E-state index in [1.165, 1.54) is 4.90 Å². The van der Waals surface area contributed by atoms with Gasteiger partial charge in [-0.15, -0.1) is 0 Å². The molecule has 0 fully saturated rings. The molecular formula is C18H18ClN3O2. The lowest BCUT2D eigenvalue weighted by molar-refractivity contribution is -0.122. The van der Waals surface area contributed by atoms with Gasteiger partial charge in [0.2, 0.25) is 5.91 Å². The summed E-state index contributed by atoms with van der Waals surface area (Å²) in [6.07, 6.45) is 0. The first-order chi connectivity index (χ1) is 11.4. The molecule has 1 heterocycles. The molecule has 0 unspecified atom stereocenters. The predicted octanol–water partition coefficient (Wildman–Crippen LogP) is 3.18. The Morgan fingerprint density at radius 2 is 1.83 bits per heavy atom. The predicted molar refractivity (Wildman–Crippen MR) is 94.0 cm³/mol. The Morgan fingerprint density at radius 1 is 1.17 bits per heavy atom. The summed E-state index contributed by atoms with van der Waals surface area (Å²) >= 11 is 6.19. The van der Waals surface area contributed by atoms with Crippen LogP contribution in [-0.4, -0.2) is 29.9 Å². The monoisotopic (exact) mass is 343 g/mol. The third-order valence-corrected chi connectivity index (χ3v) is 4.63. The van der Waals surface area contributed by atoms with Crippen LogP contribution in [0.25, 0.3) is 0 Å². The molecule has 3 amide bonds. The van der Waals surface area contributed by atoms with Crippen LogP contribution in [0.1, 0.15) is 24.1 Å². The van der Waals surface area contributed by atoms with Gasteiger partial charge in [0.25, 0.3) is 0 Å². The lowest BCUT2D eigenvalue weighted by Crippen LogP contribution is -2.49. The van der Waals surface area contributed by atoms with Gasteiger partial charge < -0.3 is 15.5 Å². The van der Waals surface area contributed by atoms with Crippen molar-refractivity contribution in [3.05, 3.63) is 64.7 Å². The molecule has 0 aromatic heterocycles. The minimum Gasteiger partial charge on any atom is -0.351 e. The van der Waals surface area contributed by atoms with E-state index in [-0.39, 0.29) is 5.91 Å². The van der Waals surface area contributed by atoms with Gasteiger partial charge in [0.1, 0.15) is 6.04 Å². The van der Waals surface area contributed by atoms with Crippen molar-refractivity contribution in [3.63, 3.8) is 0 Å². The van der Waals surface area contributed by atoms with Gasteiger partial charge in [0.15, 0.2) is 0 Å². The van der Waals surface area contributed by atoms with Gasteiger partial charge in [-0.2, -0.15) is 0 Å². The van der Waals surface area contributed by atoms with Gasteiger partial charge in [0, 0.05) is 23.3 Å². The highest BCUT2D eigenvalue weighted by atomic mass is 35.5. The number of anilines is 1. The maximum absolute atomic E-state index is 12.7. The summed E-state index contributed by atoms with van der Waals surface area (Å²) in [5.41, 5.74) is 8.00. The van der Waals surface area contributed by atoms with Crippen LogP contribution in [0.4, 0.5) is 10.5 Å². The highest BCUT2D eigenvalue weighted by Crippen LogP contribution is 2.40. The van der Waals surface area contributed by atoms with Crippen LogP contribution in [0.2, 0.25) is 5.02 Å². The highest BCUT2D eigenvalue weighted by Gasteiger charge is 2.39. The number of carbonyl (C=O) groups excluding carboxylic acids is 2. The zero-order valence-electron chi connectivity index (χ0n) is 13.4. The molecule has 0 bridgehead atoms. The molecule has 1 aliphatic heterocycles. The van der Waals surface area contributed by atoms with E-state index in [0.29, 0.717) is 10.7 Å². The molecule has 2 atom stereocenters. The molecule has 0 saturated carbocycles. The van der Waals surface area contributed by atoms with Crippen LogP contribution in [0.15, 0.2) is 48.5 Å². The second-order valence-corrected chi connectivity index (χ2v) is 6.27. The van der Waals surface area contributed by atoms with Crippen LogP contribution in [0.3, 0.4) is 0 Å². The second kappa shape index (κ2) is 6.17. The number of hydrogen-bond acceptors (Lipinski definition) is 2. The molecule has 124 valence electrons. The van der Waals surface area contributed by atoms with E-state index >= 15 is 0 Å². The van der Waals surface area contributed by atoms with Crippen molar-refractivity contribution < 1.29 is 9.59 Å². The average molecular weight is 344 g/mol. The zero-order valence-corrected chi connectivity index (χ0v) is 14.2. The van der Waals surface area contributed by atoms with Crippen LogP contribution in [0, 0.1) is 0 Å². The molecule has 24 heavy (non-hydrogen) atoms. The van der Waals surface area contributed by atoms with Crippen molar-refractivity contribution in [2.24, 2.45) is 5.73 Å². The number of benzene rings is 2. The first kappa shape index (κ1) is 16.3. The summed E-state index contributed by atoms with van der Waals surface area (Å²) in [5.74, 6) is -0.198. The van der Waals surface area contributed by atoms with E-state index in [1.54, 1.807) is 37.1 Å². The van der Waals surface area contributed by atoms with Crippen molar-refractivity contribution >= 4 is 29.2 Å². The van der Waals surface area contributed by atoms with Gasteiger partial charge in [-0.25, -0.2) is 4.79 Å². The fraction of sp³-hybridized carbons (Fsp3) is 0.222. The molecule has 0 spiro atoms. The molecule has 2 aromatic rings. The Bertz CT molecular complexity index is 794. The molecule has 2 aromatic carbocycles. The van der Waals surface area contributed by atoms with Crippen molar-refractivity contribution in [2.45, 2.75) is 19.0 Å². The third kappa shape index (κ3) is 2.61. The molecule has 0 saturated heterocycles. The van der Waals surface area contributed by atoms with Gasteiger partial charge in [-0.05, 0) is 30.7 Å². The number of likely N-dealkylation sites (N-methyl/N-ethyl adjacent to an activating group) is 1. The van der Waals surface area contributed by atoms with E-state index in [1.807, 2.05) is 30.3 Å². The van der Waals surface area contributed by atoms with Crippen molar-refractivity contribution in [1.82, 2.24) is 4.90 Å². The Kier molecular flexibility index (Phi) is 4.20. The number of urea groups is 1. The zero-order chi connectivity index (χ0) is 17.4. The number of nitrogens with two attached hydrogens (primary N) is 1. The third-order valence-electron chi connectivity index (χ3n) is 4.40. The SMILES string of the molecule is C[C@@H]1C(=O)N(C)c2ccc(Cl)cc2[C@@H](c2ccccc2)N1C(N)=O. The van der Waals surface area contributed by atoms with Crippen LogP contribution < -0.4 is 10.6 Å². The molecule has 6 heteroatoms. The lowest BCUT2D eigenvalue weighted by atomic mass is 9.95. The van der Waals surface area contributed by atoms with Crippen LogP contribution >= 0.6 is 11.6 Å². The summed E-state index contributed by atoms with van der Waals surface area (Å²) in [6.45, 7) is 1.69. The fourth-order valence-corrected chi connectivity index (χ4v) is 3.42. The van der Waals surface area contributed by atoms with E-state index in [0.717, 1.165) is 11.1 Å². The summed E-state index contributed by atoms with van der Waals surface area (Å²) in [7, 11) is 1.69. The number of amides is 3. The molecule has 0 aliphatic carbocycles. The van der Waals surface area contributed by atoms with Crippen molar-refractivity contribution in [1.29, 1.82) is 0 Å². The molecule has 5 nitrogen and oxygen atoms in total. The maximum atomic E-state index is 12.7. The van der Waals surface area contributed by atoms with Gasteiger partial charge in [0.05, 0.1) is 6.04 Å². The number of primary amides is 1. The van der Waals surface area contributed by atoms with Crippen molar-refractivity contribution in [3.8, 4) is 0 Å². The average Bonchev–Trinajstić information content (AvgIpc) is 2.65. The lowest BCUT2D eigenvalue weighted by Gasteiger charge is -2.33. The Morgan fingerprint density at radius 3 is 2.46 bits per heavy atom. The number of fused-ring (bicyclic) bond motifs is 1. The Labute approximate surface area is 145 Å². The Balaban J connectivity index is 2.31. The molecule has 1 aliphatic rings. The minimum atomic E-state index is -0.691. The van der Waals surface area contributed by atoms with Crippen LogP contribution in [0.5, 0.6) is 0 Å². The molecule has 0 radical (unpaired) electrons. The summed E-state index contributed by atoms with van der Waals surface area (Å²) in [4.78, 5) is 27.9.